The van der Waals surface area contributed by atoms with E-state index in [4.69, 9.17) is 4.74 Å². The van der Waals surface area contributed by atoms with Crippen LogP contribution < -0.4 is 5.32 Å². The van der Waals surface area contributed by atoms with Crippen LogP contribution in [0.3, 0.4) is 0 Å². The van der Waals surface area contributed by atoms with E-state index in [1.165, 1.54) is 5.56 Å². The number of pyridine rings is 1. The van der Waals surface area contributed by atoms with Crippen LogP contribution in [0.2, 0.25) is 0 Å². The Labute approximate surface area is 158 Å². The topological polar surface area (TPSA) is 69.0 Å². The van der Waals surface area contributed by atoms with Gasteiger partial charge in [0.1, 0.15) is 0 Å². The fraction of sp³-hybridized carbons (Fsp3) is 0.286. The van der Waals surface area contributed by atoms with E-state index in [2.05, 4.69) is 15.4 Å². The third-order valence-electron chi connectivity index (χ3n) is 4.84. The van der Waals surface area contributed by atoms with Gasteiger partial charge in [-0.2, -0.15) is 5.10 Å². The summed E-state index contributed by atoms with van der Waals surface area (Å²) in [5.41, 5.74) is 2.92. The predicted octanol–water partition coefficient (Wildman–Crippen LogP) is 2.31. The lowest BCUT2D eigenvalue weighted by molar-refractivity contribution is 0.0925. The fourth-order valence-electron chi connectivity index (χ4n) is 3.37. The molecule has 0 aliphatic carbocycles. The molecule has 1 saturated heterocycles. The van der Waals surface area contributed by atoms with Crippen molar-refractivity contribution in [2.45, 2.75) is 19.0 Å². The average Bonchev–Trinajstić information content (AvgIpc) is 3.33. The Morgan fingerprint density at radius 2 is 1.93 bits per heavy atom. The van der Waals surface area contributed by atoms with Crippen molar-refractivity contribution in [2.24, 2.45) is 5.92 Å². The van der Waals surface area contributed by atoms with Gasteiger partial charge in [-0.1, -0.05) is 30.3 Å². The molecule has 1 amide bonds. The molecule has 2 atom stereocenters. The first-order valence-corrected chi connectivity index (χ1v) is 9.12. The van der Waals surface area contributed by atoms with Crippen LogP contribution in [0.1, 0.15) is 21.5 Å². The van der Waals surface area contributed by atoms with E-state index in [9.17, 15) is 4.79 Å². The number of ether oxygens (including phenoxy) is 1. The zero-order valence-electron chi connectivity index (χ0n) is 15.0. The van der Waals surface area contributed by atoms with Crippen LogP contribution in [0.25, 0.3) is 0 Å². The molecule has 0 spiro atoms. The van der Waals surface area contributed by atoms with Crippen LogP contribution in [0, 0.1) is 5.92 Å². The third-order valence-corrected chi connectivity index (χ3v) is 4.84. The van der Waals surface area contributed by atoms with E-state index < -0.39 is 0 Å². The van der Waals surface area contributed by atoms with Gasteiger partial charge in [0.2, 0.25) is 0 Å². The molecule has 1 aliphatic heterocycles. The van der Waals surface area contributed by atoms with Crippen molar-refractivity contribution in [3.05, 3.63) is 83.9 Å². The van der Waals surface area contributed by atoms with E-state index in [0.29, 0.717) is 25.3 Å². The minimum atomic E-state index is -0.107. The van der Waals surface area contributed by atoms with Crippen molar-refractivity contribution >= 4 is 5.91 Å². The van der Waals surface area contributed by atoms with E-state index in [0.717, 1.165) is 12.0 Å². The molecule has 2 aromatic heterocycles. The molecule has 1 aliphatic rings. The van der Waals surface area contributed by atoms with Crippen LogP contribution in [-0.4, -0.2) is 39.9 Å². The number of hydrogen-bond donors (Lipinski definition) is 1. The molecule has 0 unspecified atom stereocenters. The summed E-state index contributed by atoms with van der Waals surface area (Å²) in [6.07, 6.45) is 7.85. The number of carbonyl (C=O) groups is 1. The van der Waals surface area contributed by atoms with Crippen molar-refractivity contribution in [1.29, 1.82) is 0 Å². The van der Waals surface area contributed by atoms with Crippen LogP contribution in [0.15, 0.2) is 67.3 Å². The molecule has 6 nitrogen and oxygen atoms in total. The van der Waals surface area contributed by atoms with Gasteiger partial charge in [0.15, 0.2) is 0 Å². The Bertz CT molecular complexity index is 879. The molecule has 1 fully saturated rings. The van der Waals surface area contributed by atoms with Gasteiger partial charge in [-0.3, -0.25) is 14.5 Å². The van der Waals surface area contributed by atoms with Crippen LogP contribution >= 0.6 is 0 Å². The number of aromatic nitrogens is 3. The highest BCUT2D eigenvalue weighted by Crippen LogP contribution is 2.19. The van der Waals surface area contributed by atoms with Crippen molar-refractivity contribution in [3.63, 3.8) is 0 Å². The van der Waals surface area contributed by atoms with Crippen molar-refractivity contribution < 1.29 is 9.53 Å². The highest BCUT2D eigenvalue weighted by atomic mass is 16.5. The van der Waals surface area contributed by atoms with Crippen LogP contribution in [0.4, 0.5) is 0 Å². The van der Waals surface area contributed by atoms with E-state index in [1.54, 1.807) is 29.5 Å². The van der Waals surface area contributed by atoms with Crippen molar-refractivity contribution in [1.82, 2.24) is 20.1 Å². The molecule has 0 bridgehead atoms. The number of carbonyl (C=O) groups excluding carboxylic acids is 1. The molecule has 27 heavy (non-hydrogen) atoms. The zero-order valence-corrected chi connectivity index (χ0v) is 15.0. The summed E-state index contributed by atoms with van der Waals surface area (Å²) in [6.45, 7) is 1.84. The molecule has 3 heterocycles. The Morgan fingerprint density at radius 3 is 2.74 bits per heavy atom. The summed E-state index contributed by atoms with van der Waals surface area (Å²) in [5, 5.41) is 7.42. The lowest BCUT2D eigenvalue weighted by atomic mass is 9.95. The van der Waals surface area contributed by atoms with Crippen LogP contribution in [0.5, 0.6) is 0 Å². The van der Waals surface area contributed by atoms with Gasteiger partial charge >= 0.3 is 0 Å². The van der Waals surface area contributed by atoms with E-state index in [-0.39, 0.29) is 17.9 Å². The number of nitrogens with one attached hydrogen (secondary N) is 1. The van der Waals surface area contributed by atoms with Gasteiger partial charge in [0.05, 0.1) is 37.6 Å². The quantitative estimate of drug-likeness (QED) is 0.731. The molecular weight excluding hydrogens is 340 g/mol. The minimum absolute atomic E-state index is 0.00291. The summed E-state index contributed by atoms with van der Waals surface area (Å²) in [4.78, 5) is 16.7. The minimum Gasteiger partial charge on any atom is -0.379 e. The van der Waals surface area contributed by atoms with Gasteiger partial charge in [-0.05, 0) is 29.7 Å². The molecule has 6 heteroatoms. The monoisotopic (exact) mass is 362 g/mol. The third kappa shape index (κ3) is 4.41. The van der Waals surface area contributed by atoms with E-state index in [1.807, 2.05) is 42.5 Å². The van der Waals surface area contributed by atoms with Gasteiger partial charge in [0, 0.05) is 24.5 Å². The lowest BCUT2D eigenvalue weighted by Crippen LogP contribution is -2.40. The number of hydrogen-bond acceptors (Lipinski definition) is 4. The standard InChI is InChI=1S/C21H22N4O2/c26-21(19-11-23-25(13-19)12-17-4-2-1-3-5-17)24-20-15-27-14-18(20)10-16-6-8-22-9-7-16/h1-9,11,13,18,20H,10,12,14-15H2,(H,24,26)/t18-,20-/m1/s1. The highest BCUT2D eigenvalue weighted by Gasteiger charge is 2.30. The second kappa shape index (κ2) is 8.14. The molecule has 0 radical (unpaired) electrons. The summed E-state index contributed by atoms with van der Waals surface area (Å²) in [7, 11) is 0. The zero-order chi connectivity index (χ0) is 18.5. The highest BCUT2D eigenvalue weighted by molar-refractivity contribution is 5.93. The SMILES string of the molecule is O=C(N[C@@H]1COC[C@H]1Cc1ccncc1)c1cnn(Cc2ccccc2)c1. The van der Waals surface area contributed by atoms with Gasteiger partial charge in [0.25, 0.3) is 5.91 Å². The molecule has 3 aromatic rings. The smallest absolute Gasteiger partial charge is 0.254 e. The summed E-state index contributed by atoms with van der Waals surface area (Å²) < 4.78 is 7.39. The molecule has 1 aromatic carbocycles. The van der Waals surface area contributed by atoms with Gasteiger partial charge < -0.3 is 10.1 Å². The van der Waals surface area contributed by atoms with Gasteiger partial charge in [-0.15, -0.1) is 0 Å². The Kier molecular flexibility index (Phi) is 5.25. The number of rotatable bonds is 6. The predicted molar refractivity (Wildman–Crippen MR) is 101 cm³/mol. The van der Waals surface area contributed by atoms with Crippen LogP contribution in [-0.2, 0) is 17.7 Å². The first-order valence-electron chi connectivity index (χ1n) is 9.12. The van der Waals surface area contributed by atoms with Crippen molar-refractivity contribution in [2.75, 3.05) is 13.2 Å². The van der Waals surface area contributed by atoms with Crippen molar-refractivity contribution in [3.8, 4) is 0 Å². The molecule has 0 saturated carbocycles. The fourth-order valence-corrected chi connectivity index (χ4v) is 3.37. The molecule has 4 rings (SSSR count). The molecular formula is C21H22N4O2. The average molecular weight is 362 g/mol. The maximum atomic E-state index is 12.6. The molecule has 138 valence electrons. The first-order chi connectivity index (χ1) is 13.3. The molecule has 1 N–H and O–H groups in total. The first kappa shape index (κ1) is 17.4. The number of nitrogens with zero attached hydrogens (tertiary/aromatic N) is 3. The Balaban J connectivity index is 1.37. The second-order valence-electron chi connectivity index (χ2n) is 6.85. The number of benzene rings is 1. The summed E-state index contributed by atoms with van der Waals surface area (Å²) >= 11 is 0. The second-order valence-corrected chi connectivity index (χ2v) is 6.85. The Morgan fingerprint density at radius 1 is 1.11 bits per heavy atom. The van der Waals surface area contributed by atoms with Gasteiger partial charge in [-0.25, -0.2) is 0 Å². The maximum Gasteiger partial charge on any atom is 0.254 e. The Hall–Kier alpha value is -2.99. The largest absolute Gasteiger partial charge is 0.379 e. The van der Waals surface area contributed by atoms with E-state index >= 15 is 0 Å². The normalized spacial score (nSPS) is 19.1. The lowest BCUT2D eigenvalue weighted by Gasteiger charge is -2.18. The summed E-state index contributed by atoms with van der Waals surface area (Å²) in [6, 6.07) is 14.1. The maximum absolute atomic E-state index is 12.6. The number of amides is 1. The summed E-state index contributed by atoms with van der Waals surface area (Å²) in [5.74, 6) is 0.153.